The van der Waals surface area contributed by atoms with Crippen LogP contribution in [0.5, 0.6) is 0 Å². The molecule has 3 heterocycles. The number of hydrogen-bond donors (Lipinski definition) is 12. The quantitative estimate of drug-likeness (QED) is 0.0201. The predicted octanol–water partition coefficient (Wildman–Crippen LogP) is 8.38. The highest BCUT2D eigenvalue weighted by molar-refractivity contribution is 5.76. The van der Waals surface area contributed by atoms with Crippen molar-refractivity contribution in [3.05, 3.63) is 60.8 Å². The lowest BCUT2D eigenvalue weighted by Gasteiger charge is -2.48. The third-order valence-corrected chi connectivity index (χ3v) is 16.8. The molecule has 0 radical (unpaired) electrons. The summed E-state index contributed by atoms with van der Waals surface area (Å²) in [4.78, 5) is 13.2. The Morgan fingerprint density at radius 2 is 0.793 bits per heavy atom. The Balaban J connectivity index is 1.19. The number of aliphatic hydroxyl groups excluding tert-OH is 11. The summed E-state index contributed by atoms with van der Waals surface area (Å²) in [6.45, 7) is 1.37. The van der Waals surface area contributed by atoms with Gasteiger partial charge in [-0.25, -0.2) is 0 Å². The zero-order chi connectivity index (χ0) is 63.3. The second kappa shape index (κ2) is 50.1. The molecule has 0 aromatic carbocycles. The molecule has 3 rings (SSSR count). The number of rotatable bonds is 51. The van der Waals surface area contributed by atoms with E-state index in [1.165, 1.54) is 148 Å². The SMILES string of the molecule is CC/C=C\C/C=C\C/C=C\C/C=C\CCCCCCCCCCCCCCCCCCCCCCCCCCCCC(=O)NC(COC1OC(CO)C(OC2OC(CO)C(OC3OC(CO)C(O)C(O)C3O)C(O)C2O)C(O)C1O)C(O)/C=C/CCC. The average molecular weight is 1240 g/mol. The van der Waals surface area contributed by atoms with Crippen molar-refractivity contribution in [2.24, 2.45) is 0 Å². The Hall–Kier alpha value is -2.51. The van der Waals surface area contributed by atoms with Gasteiger partial charge in [-0.05, 0) is 51.4 Å². The zero-order valence-electron chi connectivity index (χ0n) is 53.2. The van der Waals surface area contributed by atoms with Gasteiger partial charge in [0.05, 0.1) is 38.6 Å². The normalized spacial score (nSPS) is 29.0. The Labute approximate surface area is 522 Å². The maximum absolute atomic E-state index is 13.2. The molecule has 3 fully saturated rings. The fraction of sp³-hybridized carbons (Fsp3) is 0.838. The van der Waals surface area contributed by atoms with Crippen molar-refractivity contribution >= 4 is 5.91 Å². The highest BCUT2D eigenvalue weighted by Gasteiger charge is 2.53. The van der Waals surface area contributed by atoms with Crippen LogP contribution < -0.4 is 5.32 Å². The molecule has 0 aromatic rings. The van der Waals surface area contributed by atoms with Crippen molar-refractivity contribution in [3.8, 4) is 0 Å². The summed E-state index contributed by atoms with van der Waals surface area (Å²) in [6.07, 6.45) is 35.3. The van der Waals surface area contributed by atoms with Gasteiger partial charge in [-0.1, -0.05) is 235 Å². The van der Waals surface area contributed by atoms with Crippen LogP contribution in [-0.4, -0.2) is 193 Å². The van der Waals surface area contributed by atoms with Crippen LogP contribution in [0.25, 0.3) is 0 Å². The molecule has 19 heteroatoms. The van der Waals surface area contributed by atoms with Gasteiger partial charge >= 0.3 is 0 Å². The number of amides is 1. The molecule has 12 N–H and O–H groups in total. The Bertz CT molecular complexity index is 1820. The van der Waals surface area contributed by atoms with Crippen molar-refractivity contribution in [1.82, 2.24) is 5.32 Å². The lowest BCUT2D eigenvalue weighted by atomic mass is 9.96. The second-order valence-electron chi connectivity index (χ2n) is 24.3. The molecule has 17 atom stereocenters. The third kappa shape index (κ3) is 32.6. The average Bonchev–Trinajstić information content (AvgIpc) is 1.25. The van der Waals surface area contributed by atoms with E-state index in [1.807, 2.05) is 6.92 Å². The van der Waals surface area contributed by atoms with E-state index < -0.39 is 124 Å². The smallest absolute Gasteiger partial charge is 0.220 e. The molecule has 0 aromatic heterocycles. The first kappa shape index (κ1) is 78.7. The van der Waals surface area contributed by atoms with Crippen molar-refractivity contribution in [1.29, 1.82) is 0 Å². The molecule has 3 aliphatic heterocycles. The van der Waals surface area contributed by atoms with Gasteiger partial charge in [0.15, 0.2) is 18.9 Å². The van der Waals surface area contributed by atoms with Gasteiger partial charge in [-0.2, -0.15) is 0 Å². The molecule has 506 valence electrons. The van der Waals surface area contributed by atoms with Gasteiger partial charge in [-0.3, -0.25) is 4.79 Å². The summed E-state index contributed by atoms with van der Waals surface area (Å²) in [5.41, 5.74) is 0. The minimum atomic E-state index is -1.98. The fourth-order valence-electron chi connectivity index (χ4n) is 11.3. The fourth-order valence-corrected chi connectivity index (χ4v) is 11.3. The lowest BCUT2D eigenvalue weighted by Crippen LogP contribution is -2.66. The second-order valence-corrected chi connectivity index (χ2v) is 24.3. The van der Waals surface area contributed by atoms with Crippen molar-refractivity contribution in [3.63, 3.8) is 0 Å². The molecule has 3 saturated heterocycles. The van der Waals surface area contributed by atoms with Crippen LogP contribution in [0.15, 0.2) is 60.8 Å². The number of unbranched alkanes of at least 4 members (excludes halogenated alkanes) is 27. The topological polar surface area (TPSA) is 307 Å². The molecule has 0 bridgehead atoms. The van der Waals surface area contributed by atoms with Crippen molar-refractivity contribution in [2.75, 3.05) is 26.4 Å². The molecule has 0 spiro atoms. The molecule has 17 unspecified atom stereocenters. The van der Waals surface area contributed by atoms with Gasteiger partial charge < -0.3 is 89.9 Å². The molecular weight excluding hydrogens is 1120 g/mol. The molecular formula is C68H121NO18. The summed E-state index contributed by atoms with van der Waals surface area (Å²) in [5.74, 6) is -0.286. The van der Waals surface area contributed by atoms with Gasteiger partial charge in [0.25, 0.3) is 0 Å². The van der Waals surface area contributed by atoms with E-state index in [2.05, 4.69) is 60.8 Å². The maximum atomic E-state index is 13.2. The van der Waals surface area contributed by atoms with Crippen molar-refractivity contribution < 1.29 is 89.4 Å². The summed E-state index contributed by atoms with van der Waals surface area (Å²) in [6, 6.07) is -0.967. The first-order valence-electron chi connectivity index (χ1n) is 34.0. The maximum Gasteiger partial charge on any atom is 0.220 e. The summed E-state index contributed by atoms with van der Waals surface area (Å²) in [5, 5.41) is 119. The van der Waals surface area contributed by atoms with E-state index >= 15 is 0 Å². The Kier molecular flexibility index (Phi) is 45.3. The largest absolute Gasteiger partial charge is 0.394 e. The van der Waals surface area contributed by atoms with Gasteiger partial charge in [0.1, 0.15) is 73.2 Å². The molecule has 3 aliphatic rings. The van der Waals surface area contributed by atoms with Crippen LogP contribution in [0.4, 0.5) is 0 Å². The molecule has 0 aliphatic carbocycles. The third-order valence-electron chi connectivity index (χ3n) is 16.8. The Morgan fingerprint density at radius 1 is 0.425 bits per heavy atom. The van der Waals surface area contributed by atoms with Crippen LogP contribution in [0, 0.1) is 0 Å². The van der Waals surface area contributed by atoms with E-state index in [0.717, 1.165) is 51.4 Å². The number of nitrogens with one attached hydrogen (secondary N) is 1. The first-order valence-corrected chi connectivity index (χ1v) is 34.0. The van der Waals surface area contributed by atoms with E-state index in [-0.39, 0.29) is 18.9 Å². The number of carbonyl (C=O) groups is 1. The monoisotopic (exact) mass is 1240 g/mol. The lowest BCUT2D eigenvalue weighted by molar-refractivity contribution is -0.379. The number of allylic oxidation sites excluding steroid dienone is 9. The highest BCUT2D eigenvalue weighted by Crippen LogP contribution is 2.33. The number of aliphatic hydroxyl groups is 11. The minimum Gasteiger partial charge on any atom is -0.394 e. The van der Waals surface area contributed by atoms with Gasteiger partial charge in [-0.15, -0.1) is 0 Å². The van der Waals surface area contributed by atoms with Gasteiger partial charge in [0, 0.05) is 6.42 Å². The van der Waals surface area contributed by atoms with E-state index in [0.29, 0.717) is 12.8 Å². The van der Waals surface area contributed by atoms with Crippen LogP contribution in [0.1, 0.15) is 232 Å². The molecule has 19 nitrogen and oxygen atoms in total. The van der Waals surface area contributed by atoms with Crippen LogP contribution in [0.3, 0.4) is 0 Å². The minimum absolute atomic E-state index is 0.242. The first-order chi connectivity index (χ1) is 42.3. The molecule has 87 heavy (non-hydrogen) atoms. The van der Waals surface area contributed by atoms with E-state index in [4.69, 9.17) is 28.4 Å². The van der Waals surface area contributed by atoms with Crippen molar-refractivity contribution in [2.45, 2.75) is 336 Å². The Morgan fingerprint density at radius 3 is 1.22 bits per heavy atom. The van der Waals surface area contributed by atoms with E-state index in [1.54, 1.807) is 12.2 Å². The number of ether oxygens (including phenoxy) is 6. The van der Waals surface area contributed by atoms with Gasteiger partial charge in [0.2, 0.25) is 5.91 Å². The molecule has 0 saturated carbocycles. The number of carbonyl (C=O) groups excluding carboxylic acids is 1. The van der Waals surface area contributed by atoms with Crippen LogP contribution in [-0.2, 0) is 33.2 Å². The summed E-state index contributed by atoms with van der Waals surface area (Å²) < 4.78 is 34.0. The highest BCUT2D eigenvalue weighted by atomic mass is 16.8. The van der Waals surface area contributed by atoms with E-state index in [9.17, 15) is 61.0 Å². The zero-order valence-corrected chi connectivity index (χ0v) is 53.2. The van der Waals surface area contributed by atoms with Crippen LogP contribution in [0.2, 0.25) is 0 Å². The van der Waals surface area contributed by atoms with Crippen LogP contribution >= 0.6 is 0 Å². The summed E-state index contributed by atoms with van der Waals surface area (Å²) >= 11 is 0. The molecule has 1 amide bonds. The number of hydrogen-bond acceptors (Lipinski definition) is 18. The predicted molar refractivity (Wildman–Crippen MR) is 337 cm³/mol. The standard InChI is InChI=1S/C68H121NO18/c1-3-5-7-8-9-10-11-12-13-14-15-16-17-18-19-20-21-22-23-24-25-26-27-28-29-30-31-32-33-34-35-36-37-38-39-40-41-42-44-46-56(74)69-51(52(73)45-43-6-4-2)50-82-66-62(80)59(77)64(54(48-71)84-66)87-68-63(81)60(78)65(55(49-72)85-68)86-67-61(79)58(76)57(75)53(47-70)83-67/h5,7,9-10,12-13,15-16,43,45,51-55,57-68,70-73,75-81H,3-4,6,8,11,14,17-42,44,46-50H2,1-2H3,(H,69,74)/b7-5-,10-9-,13-12-,16-15-,45-43+. The summed E-state index contributed by atoms with van der Waals surface area (Å²) in [7, 11) is 0.